The Bertz CT molecular complexity index is 394. The van der Waals surface area contributed by atoms with Gasteiger partial charge in [0.25, 0.3) is 5.69 Å². The molecule has 0 bridgehead atoms. The average molecular weight is 252 g/mol. The number of benzene rings is 1. The maximum absolute atomic E-state index is 10.9. The summed E-state index contributed by atoms with van der Waals surface area (Å²) >= 11 is 0. The van der Waals surface area contributed by atoms with Crippen molar-refractivity contribution in [2.45, 2.75) is 26.7 Å². The van der Waals surface area contributed by atoms with Gasteiger partial charge in [-0.1, -0.05) is 19.1 Å². The molecule has 1 rings (SSSR count). The zero-order valence-corrected chi connectivity index (χ0v) is 10.9. The van der Waals surface area contributed by atoms with Crippen molar-refractivity contribution in [3.63, 3.8) is 0 Å². The van der Waals surface area contributed by atoms with Gasteiger partial charge in [0.1, 0.15) is 5.69 Å². The van der Waals surface area contributed by atoms with E-state index in [1.165, 1.54) is 6.07 Å². The van der Waals surface area contributed by atoms with Crippen molar-refractivity contribution in [1.82, 2.24) is 0 Å². The van der Waals surface area contributed by atoms with Crippen molar-refractivity contribution >= 4 is 11.4 Å². The molecule has 0 amide bonds. The van der Waals surface area contributed by atoms with Gasteiger partial charge in [-0.15, -0.1) is 0 Å². The van der Waals surface area contributed by atoms with Crippen LogP contribution >= 0.6 is 0 Å². The zero-order valence-electron chi connectivity index (χ0n) is 10.9. The SMILES string of the molecule is CCCOCCCNc1c(C)cccc1[N+](=O)[O-]. The topological polar surface area (TPSA) is 64.4 Å². The second-order valence-corrected chi connectivity index (χ2v) is 4.12. The quantitative estimate of drug-likeness (QED) is 0.438. The van der Waals surface area contributed by atoms with E-state index in [1.54, 1.807) is 6.07 Å². The number of hydrogen-bond acceptors (Lipinski definition) is 4. The van der Waals surface area contributed by atoms with Gasteiger partial charge in [0.05, 0.1) is 4.92 Å². The maximum atomic E-state index is 10.9. The third kappa shape index (κ3) is 4.33. The molecule has 5 nitrogen and oxygen atoms in total. The molecule has 0 aromatic heterocycles. The number of nitrogens with zero attached hydrogens (tertiary/aromatic N) is 1. The van der Waals surface area contributed by atoms with E-state index in [0.717, 1.165) is 25.0 Å². The van der Waals surface area contributed by atoms with Crippen LogP contribution in [0.25, 0.3) is 0 Å². The highest BCUT2D eigenvalue weighted by Crippen LogP contribution is 2.27. The monoisotopic (exact) mass is 252 g/mol. The Kier molecular flexibility index (Phi) is 6.14. The van der Waals surface area contributed by atoms with Crippen LogP contribution in [0.2, 0.25) is 0 Å². The van der Waals surface area contributed by atoms with E-state index in [0.29, 0.717) is 18.8 Å². The summed E-state index contributed by atoms with van der Waals surface area (Å²) in [6, 6.07) is 5.08. The Morgan fingerprint density at radius 2 is 2.17 bits per heavy atom. The maximum Gasteiger partial charge on any atom is 0.292 e. The van der Waals surface area contributed by atoms with Crippen molar-refractivity contribution in [3.8, 4) is 0 Å². The van der Waals surface area contributed by atoms with Crippen LogP contribution in [-0.2, 0) is 4.74 Å². The zero-order chi connectivity index (χ0) is 13.4. The third-order valence-corrected chi connectivity index (χ3v) is 2.56. The van der Waals surface area contributed by atoms with Crippen LogP contribution in [0.4, 0.5) is 11.4 Å². The van der Waals surface area contributed by atoms with Crippen molar-refractivity contribution in [3.05, 3.63) is 33.9 Å². The lowest BCUT2D eigenvalue weighted by atomic mass is 10.1. The molecule has 0 aliphatic carbocycles. The molecular weight excluding hydrogens is 232 g/mol. The first-order chi connectivity index (χ1) is 8.66. The first-order valence-electron chi connectivity index (χ1n) is 6.22. The number of para-hydroxylation sites is 1. The van der Waals surface area contributed by atoms with Crippen LogP contribution < -0.4 is 5.32 Å². The van der Waals surface area contributed by atoms with Gasteiger partial charge < -0.3 is 10.1 Å². The molecule has 0 saturated heterocycles. The molecule has 100 valence electrons. The highest BCUT2D eigenvalue weighted by atomic mass is 16.6. The van der Waals surface area contributed by atoms with Gasteiger partial charge in [-0.05, 0) is 25.3 Å². The van der Waals surface area contributed by atoms with Crippen LogP contribution in [0.3, 0.4) is 0 Å². The lowest BCUT2D eigenvalue weighted by Gasteiger charge is -2.09. The summed E-state index contributed by atoms with van der Waals surface area (Å²) in [4.78, 5) is 10.5. The molecule has 0 heterocycles. The first-order valence-corrected chi connectivity index (χ1v) is 6.22. The van der Waals surface area contributed by atoms with Gasteiger partial charge in [-0.25, -0.2) is 0 Å². The lowest BCUT2D eigenvalue weighted by molar-refractivity contribution is -0.384. The summed E-state index contributed by atoms with van der Waals surface area (Å²) in [6.07, 6.45) is 1.85. The van der Waals surface area contributed by atoms with Crippen molar-refractivity contribution in [2.24, 2.45) is 0 Å². The second kappa shape index (κ2) is 7.66. The van der Waals surface area contributed by atoms with Crippen LogP contribution in [0.15, 0.2) is 18.2 Å². The number of hydrogen-bond donors (Lipinski definition) is 1. The predicted molar refractivity (Wildman–Crippen MR) is 72.1 cm³/mol. The van der Waals surface area contributed by atoms with E-state index >= 15 is 0 Å². The van der Waals surface area contributed by atoms with Gasteiger partial charge in [0.15, 0.2) is 0 Å². The molecule has 5 heteroatoms. The molecule has 0 radical (unpaired) electrons. The fraction of sp³-hybridized carbons (Fsp3) is 0.538. The van der Waals surface area contributed by atoms with Crippen molar-refractivity contribution in [2.75, 3.05) is 25.1 Å². The second-order valence-electron chi connectivity index (χ2n) is 4.12. The van der Waals surface area contributed by atoms with Gasteiger partial charge >= 0.3 is 0 Å². The molecule has 1 aromatic rings. The summed E-state index contributed by atoms with van der Waals surface area (Å²) in [5.74, 6) is 0. The van der Waals surface area contributed by atoms with Crippen LogP contribution in [0.1, 0.15) is 25.3 Å². The summed E-state index contributed by atoms with van der Waals surface area (Å²) in [7, 11) is 0. The van der Waals surface area contributed by atoms with Gasteiger partial charge in [-0.2, -0.15) is 0 Å². The van der Waals surface area contributed by atoms with Crippen molar-refractivity contribution < 1.29 is 9.66 Å². The van der Waals surface area contributed by atoms with E-state index < -0.39 is 0 Å². The molecule has 0 fully saturated rings. The van der Waals surface area contributed by atoms with E-state index in [2.05, 4.69) is 12.2 Å². The molecule has 18 heavy (non-hydrogen) atoms. The van der Waals surface area contributed by atoms with E-state index in [9.17, 15) is 10.1 Å². The van der Waals surface area contributed by atoms with E-state index in [1.807, 2.05) is 13.0 Å². The molecule has 0 aliphatic heterocycles. The Balaban J connectivity index is 2.48. The van der Waals surface area contributed by atoms with E-state index in [-0.39, 0.29) is 10.6 Å². The average Bonchev–Trinajstić information content (AvgIpc) is 2.34. The summed E-state index contributed by atoms with van der Waals surface area (Å²) < 4.78 is 5.35. The predicted octanol–water partition coefficient (Wildman–Crippen LogP) is 3.13. The molecule has 0 unspecified atom stereocenters. The largest absolute Gasteiger partial charge is 0.381 e. The molecule has 1 N–H and O–H groups in total. The fourth-order valence-corrected chi connectivity index (χ4v) is 1.67. The standard InChI is InChI=1S/C13H20N2O3/c1-3-9-18-10-5-8-14-13-11(2)6-4-7-12(13)15(16)17/h4,6-7,14H,3,5,8-10H2,1-2H3. The van der Waals surface area contributed by atoms with Crippen LogP contribution in [-0.4, -0.2) is 24.7 Å². The molecule has 1 aromatic carbocycles. The molecule has 0 spiro atoms. The highest BCUT2D eigenvalue weighted by molar-refractivity contribution is 5.65. The molecule has 0 saturated carbocycles. The Morgan fingerprint density at radius 3 is 2.83 bits per heavy atom. The molecule has 0 aliphatic rings. The highest BCUT2D eigenvalue weighted by Gasteiger charge is 2.14. The Labute approximate surface area is 107 Å². The smallest absolute Gasteiger partial charge is 0.292 e. The number of rotatable bonds is 8. The summed E-state index contributed by atoms with van der Waals surface area (Å²) in [5.41, 5.74) is 1.63. The number of ether oxygens (including phenoxy) is 1. The molecular formula is C13H20N2O3. The van der Waals surface area contributed by atoms with E-state index in [4.69, 9.17) is 4.74 Å². The number of nitrogens with one attached hydrogen (secondary N) is 1. The minimum absolute atomic E-state index is 0.129. The van der Waals surface area contributed by atoms with Crippen molar-refractivity contribution in [1.29, 1.82) is 0 Å². The fourth-order valence-electron chi connectivity index (χ4n) is 1.67. The number of nitro groups is 1. The van der Waals surface area contributed by atoms with Gasteiger partial charge in [-0.3, -0.25) is 10.1 Å². The Morgan fingerprint density at radius 1 is 1.39 bits per heavy atom. The van der Waals surface area contributed by atoms with Crippen LogP contribution in [0, 0.1) is 17.0 Å². The number of nitro benzene ring substituents is 1. The number of aryl methyl sites for hydroxylation is 1. The summed E-state index contributed by atoms with van der Waals surface area (Å²) in [6.45, 7) is 6.05. The minimum Gasteiger partial charge on any atom is -0.381 e. The summed E-state index contributed by atoms with van der Waals surface area (Å²) in [5, 5.41) is 14.0. The normalized spacial score (nSPS) is 10.3. The minimum atomic E-state index is -0.358. The van der Waals surface area contributed by atoms with Gasteiger partial charge in [0.2, 0.25) is 0 Å². The lowest BCUT2D eigenvalue weighted by Crippen LogP contribution is -2.08. The number of anilines is 1. The van der Waals surface area contributed by atoms with Gasteiger partial charge in [0, 0.05) is 25.8 Å². The Hall–Kier alpha value is -1.62. The first kappa shape index (κ1) is 14.4. The van der Waals surface area contributed by atoms with Crippen LogP contribution in [0.5, 0.6) is 0 Å². The molecule has 0 atom stereocenters. The third-order valence-electron chi connectivity index (χ3n) is 2.56.